The Morgan fingerprint density at radius 1 is 1.53 bits per heavy atom. The Kier molecular flexibility index (Phi) is 4.90. The number of rotatable bonds is 5. The van der Waals surface area contributed by atoms with Crippen LogP contribution in [-0.4, -0.2) is 42.0 Å². The molecule has 94 valence electrons. The van der Waals surface area contributed by atoms with Crippen molar-refractivity contribution in [3.8, 4) is 0 Å². The molecule has 0 aliphatic carbocycles. The van der Waals surface area contributed by atoms with Crippen molar-refractivity contribution in [3.63, 3.8) is 0 Å². The molecule has 0 saturated heterocycles. The van der Waals surface area contributed by atoms with E-state index in [1.807, 2.05) is 7.05 Å². The van der Waals surface area contributed by atoms with Crippen LogP contribution in [0.15, 0.2) is 18.3 Å². The van der Waals surface area contributed by atoms with Crippen molar-refractivity contribution in [1.82, 2.24) is 15.2 Å². The van der Waals surface area contributed by atoms with Gasteiger partial charge in [-0.3, -0.25) is 4.79 Å². The maximum Gasteiger partial charge on any atom is 0.269 e. The van der Waals surface area contributed by atoms with Crippen molar-refractivity contribution in [2.45, 2.75) is 19.9 Å². The molecule has 3 N–H and O–H groups in total. The first-order valence-corrected chi connectivity index (χ1v) is 5.70. The lowest BCUT2D eigenvalue weighted by atomic mass is 10.3. The molecule has 0 saturated carbocycles. The van der Waals surface area contributed by atoms with Crippen LogP contribution in [0, 0.1) is 0 Å². The Balaban J connectivity index is 2.37. The number of anilines is 1. The highest BCUT2D eigenvalue weighted by molar-refractivity contribution is 5.92. The van der Waals surface area contributed by atoms with E-state index >= 15 is 0 Å². The number of hydrogen-bond donors (Lipinski definition) is 2. The van der Waals surface area contributed by atoms with Crippen LogP contribution in [-0.2, 0) is 0 Å². The van der Waals surface area contributed by atoms with Gasteiger partial charge in [0.2, 0.25) is 0 Å². The fourth-order valence-electron chi connectivity index (χ4n) is 1.23. The summed E-state index contributed by atoms with van der Waals surface area (Å²) < 4.78 is 0. The molecular weight excluding hydrogens is 216 g/mol. The van der Waals surface area contributed by atoms with E-state index in [0.717, 1.165) is 6.54 Å². The number of carbonyl (C=O) groups excluding carboxylic acids is 1. The van der Waals surface area contributed by atoms with E-state index in [-0.39, 0.29) is 5.91 Å². The van der Waals surface area contributed by atoms with E-state index in [2.05, 4.69) is 29.0 Å². The quantitative estimate of drug-likeness (QED) is 0.790. The smallest absolute Gasteiger partial charge is 0.269 e. The first kappa shape index (κ1) is 13.4. The number of nitrogens with two attached hydrogens (primary N) is 1. The van der Waals surface area contributed by atoms with Crippen molar-refractivity contribution in [2.24, 2.45) is 0 Å². The Morgan fingerprint density at radius 2 is 2.24 bits per heavy atom. The molecule has 0 spiro atoms. The van der Waals surface area contributed by atoms with Crippen LogP contribution in [0.3, 0.4) is 0 Å². The van der Waals surface area contributed by atoms with Gasteiger partial charge < -0.3 is 16.0 Å². The van der Waals surface area contributed by atoms with Crippen molar-refractivity contribution < 1.29 is 4.79 Å². The summed E-state index contributed by atoms with van der Waals surface area (Å²) in [6.45, 7) is 5.66. The van der Waals surface area contributed by atoms with Gasteiger partial charge in [-0.1, -0.05) is 0 Å². The standard InChI is InChI=1S/C12H20N4O/c1-9(2)16(3)7-6-14-12(17)11-5-4-10(13)8-15-11/h4-5,8-9H,6-7,13H2,1-3H3,(H,14,17). The number of hydrogen-bond acceptors (Lipinski definition) is 4. The predicted molar refractivity (Wildman–Crippen MR) is 68.7 cm³/mol. The number of pyridine rings is 1. The van der Waals surface area contributed by atoms with E-state index in [0.29, 0.717) is 24.0 Å². The van der Waals surface area contributed by atoms with Crippen LogP contribution in [0.25, 0.3) is 0 Å². The molecule has 1 aromatic rings. The number of nitrogen functional groups attached to an aromatic ring is 1. The van der Waals surface area contributed by atoms with Gasteiger partial charge in [0, 0.05) is 19.1 Å². The fraction of sp³-hybridized carbons (Fsp3) is 0.500. The average Bonchev–Trinajstić information content (AvgIpc) is 2.29. The topological polar surface area (TPSA) is 71.2 Å². The van der Waals surface area contributed by atoms with E-state index in [1.165, 1.54) is 6.20 Å². The van der Waals surface area contributed by atoms with E-state index in [4.69, 9.17) is 5.73 Å². The number of amides is 1. The molecule has 0 fully saturated rings. The van der Waals surface area contributed by atoms with Crippen molar-refractivity contribution >= 4 is 11.6 Å². The number of nitrogens with zero attached hydrogens (tertiary/aromatic N) is 2. The zero-order valence-corrected chi connectivity index (χ0v) is 10.6. The molecule has 0 aromatic carbocycles. The lowest BCUT2D eigenvalue weighted by Crippen LogP contribution is -2.36. The van der Waals surface area contributed by atoms with Gasteiger partial charge in [0.25, 0.3) is 5.91 Å². The summed E-state index contributed by atoms with van der Waals surface area (Å²) in [6.07, 6.45) is 1.48. The van der Waals surface area contributed by atoms with Crippen molar-refractivity contribution in [1.29, 1.82) is 0 Å². The monoisotopic (exact) mass is 236 g/mol. The lowest BCUT2D eigenvalue weighted by Gasteiger charge is -2.20. The van der Waals surface area contributed by atoms with Crippen molar-refractivity contribution in [3.05, 3.63) is 24.0 Å². The molecule has 5 nitrogen and oxygen atoms in total. The molecule has 1 amide bonds. The van der Waals surface area contributed by atoms with E-state index < -0.39 is 0 Å². The molecule has 1 aromatic heterocycles. The average molecular weight is 236 g/mol. The molecule has 5 heteroatoms. The van der Waals surface area contributed by atoms with E-state index in [9.17, 15) is 4.79 Å². The third kappa shape index (κ3) is 4.40. The van der Waals surface area contributed by atoms with Crippen LogP contribution < -0.4 is 11.1 Å². The molecule has 0 radical (unpaired) electrons. The first-order chi connectivity index (χ1) is 8.00. The van der Waals surface area contributed by atoms with Crippen LogP contribution in [0.2, 0.25) is 0 Å². The predicted octanol–water partition coefficient (Wildman–Crippen LogP) is 0.734. The fourth-order valence-corrected chi connectivity index (χ4v) is 1.23. The third-order valence-corrected chi connectivity index (χ3v) is 2.65. The van der Waals surface area contributed by atoms with Gasteiger partial charge in [0.1, 0.15) is 5.69 Å². The SMILES string of the molecule is CC(C)N(C)CCNC(=O)c1ccc(N)cn1. The number of likely N-dealkylation sites (N-methyl/N-ethyl adjacent to an activating group) is 1. The highest BCUT2D eigenvalue weighted by Crippen LogP contribution is 2.00. The highest BCUT2D eigenvalue weighted by Gasteiger charge is 2.07. The van der Waals surface area contributed by atoms with Crippen molar-refractivity contribution in [2.75, 3.05) is 25.9 Å². The Hall–Kier alpha value is -1.62. The zero-order chi connectivity index (χ0) is 12.8. The minimum Gasteiger partial charge on any atom is -0.397 e. The second-order valence-electron chi connectivity index (χ2n) is 4.31. The molecule has 0 unspecified atom stereocenters. The minimum atomic E-state index is -0.165. The van der Waals surface area contributed by atoms with E-state index in [1.54, 1.807) is 12.1 Å². The summed E-state index contributed by atoms with van der Waals surface area (Å²) in [7, 11) is 2.03. The van der Waals surface area contributed by atoms with Crippen LogP contribution >= 0.6 is 0 Å². The summed E-state index contributed by atoms with van der Waals surface area (Å²) in [6, 6.07) is 3.76. The molecule has 17 heavy (non-hydrogen) atoms. The van der Waals surface area contributed by atoms with Gasteiger partial charge in [-0.15, -0.1) is 0 Å². The Morgan fingerprint density at radius 3 is 2.76 bits per heavy atom. The lowest BCUT2D eigenvalue weighted by molar-refractivity contribution is 0.0943. The Bertz CT molecular complexity index is 361. The number of aromatic nitrogens is 1. The van der Waals surface area contributed by atoms with Gasteiger partial charge in [-0.05, 0) is 33.0 Å². The molecule has 1 rings (SSSR count). The minimum absolute atomic E-state index is 0.165. The Labute approximate surface area is 102 Å². The molecule has 0 aliphatic heterocycles. The summed E-state index contributed by atoms with van der Waals surface area (Å²) in [5.41, 5.74) is 6.45. The van der Waals surface area contributed by atoms with Gasteiger partial charge in [0.05, 0.1) is 11.9 Å². The van der Waals surface area contributed by atoms with Gasteiger partial charge in [-0.25, -0.2) is 4.98 Å². The normalized spacial score (nSPS) is 10.9. The van der Waals surface area contributed by atoms with Crippen LogP contribution in [0.1, 0.15) is 24.3 Å². The van der Waals surface area contributed by atoms with Crippen LogP contribution in [0.5, 0.6) is 0 Å². The molecule has 1 heterocycles. The molecule has 0 bridgehead atoms. The first-order valence-electron chi connectivity index (χ1n) is 5.70. The van der Waals surface area contributed by atoms with Gasteiger partial charge in [-0.2, -0.15) is 0 Å². The summed E-state index contributed by atoms with van der Waals surface area (Å²) in [4.78, 5) is 17.8. The number of carbonyl (C=O) groups is 1. The molecule has 0 aliphatic rings. The van der Waals surface area contributed by atoms with Gasteiger partial charge in [0.15, 0.2) is 0 Å². The maximum atomic E-state index is 11.7. The molecule has 0 atom stereocenters. The molecular formula is C12H20N4O. The summed E-state index contributed by atoms with van der Waals surface area (Å²) in [5, 5.41) is 2.82. The largest absolute Gasteiger partial charge is 0.397 e. The maximum absolute atomic E-state index is 11.7. The number of nitrogens with one attached hydrogen (secondary N) is 1. The highest BCUT2D eigenvalue weighted by atomic mass is 16.1. The van der Waals surface area contributed by atoms with Crippen LogP contribution in [0.4, 0.5) is 5.69 Å². The summed E-state index contributed by atoms with van der Waals surface area (Å²) >= 11 is 0. The second kappa shape index (κ2) is 6.20. The zero-order valence-electron chi connectivity index (χ0n) is 10.6. The third-order valence-electron chi connectivity index (χ3n) is 2.65. The summed E-state index contributed by atoms with van der Waals surface area (Å²) in [5.74, 6) is -0.165. The van der Waals surface area contributed by atoms with Gasteiger partial charge >= 0.3 is 0 Å². The second-order valence-corrected chi connectivity index (χ2v) is 4.31.